The first-order chi connectivity index (χ1) is 37.1. The Morgan fingerprint density at radius 1 is 0.588 bits per heavy atom. The van der Waals surface area contributed by atoms with Crippen molar-refractivity contribution < 1.29 is 82.6 Å². The van der Waals surface area contributed by atoms with Crippen LogP contribution in [0.4, 0.5) is 44.4 Å². The van der Waals surface area contributed by atoms with Gasteiger partial charge in [-0.15, -0.1) is 20.5 Å². The van der Waals surface area contributed by atoms with Gasteiger partial charge in [-0.2, -0.15) is 61.0 Å². The highest BCUT2D eigenvalue weighted by atomic mass is 35.5. The van der Waals surface area contributed by atoms with Gasteiger partial charge in [0, 0.05) is 33.3 Å². The van der Waals surface area contributed by atoms with Crippen molar-refractivity contribution in [2.24, 2.45) is 20.5 Å². The smallest absolute Gasteiger partial charge is 0.296 e. The molecule has 0 atom stereocenters. The molecular formula is C43H31Cl2N9O19S7. The number of nitrogens with one attached hydrogen (secondary N) is 2. The standard InChI is InChI=1S/C43H31Cl2N9O19S7/c1-21-30(19-46)40(48-23-5-9-32(44)36(14-23)79(67,68)69)50-41(49-24-6-10-33(45)37(15-24)80(70,71)72)39(21)52-53-42-31(20-47)38(22-3-7-26(8-4-22)73-11-2-12-75(55,56)57)43(74-42)54-51-25-13-28-29(34(16-25)77(61,62)63)17-27(76(58,59)60)18-35(28)78(64,65)66/h3-10,13-18H,2,11-12H2,1H3,(H2,48,49,50)(H,55,56,57)(H,58,59,60)(H,61,62,63)(H,64,65,66)(H,67,68,69)(H,70,71,72)/b53-52?,54-51+. The van der Waals surface area contributed by atoms with Gasteiger partial charge in [-0.05, 0) is 91.7 Å². The molecule has 37 heteroatoms. The minimum atomic E-state index is -5.45. The van der Waals surface area contributed by atoms with E-state index in [1.807, 2.05) is 12.1 Å². The van der Waals surface area contributed by atoms with Crippen molar-refractivity contribution in [1.29, 1.82) is 10.5 Å². The lowest BCUT2D eigenvalue weighted by Crippen LogP contribution is -2.08. The molecule has 7 rings (SSSR count). The fourth-order valence-corrected chi connectivity index (χ4v) is 12.7. The maximum absolute atomic E-state index is 12.7. The molecule has 0 radical (unpaired) electrons. The van der Waals surface area contributed by atoms with Crippen molar-refractivity contribution in [3.63, 3.8) is 0 Å². The number of hydrogen-bond acceptors (Lipinski definition) is 23. The molecule has 0 spiro atoms. The normalized spacial score (nSPS) is 12.7. The molecule has 8 N–H and O–H groups in total. The Labute approximate surface area is 467 Å². The lowest BCUT2D eigenvalue weighted by Gasteiger charge is -2.16. The molecule has 0 saturated carbocycles. The fourth-order valence-electron chi connectivity index (χ4n) is 7.22. The summed E-state index contributed by atoms with van der Waals surface area (Å²) in [7, 11) is -30.3. The predicted molar refractivity (Wildman–Crippen MR) is 286 cm³/mol. The van der Waals surface area contributed by atoms with Crippen molar-refractivity contribution in [2.75, 3.05) is 23.0 Å². The highest BCUT2D eigenvalue weighted by Crippen LogP contribution is 2.49. The number of anilines is 4. The Morgan fingerprint density at radius 3 is 1.61 bits per heavy atom. The van der Waals surface area contributed by atoms with Gasteiger partial charge in [0.25, 0.3) is 60.7 Å². The van der Waals surface area contributed by atoms with Crippen LogP contribution in [0.1, 0.15) is 23.1 Å². The first kappa shape index (κ1) is 60.5. The van der Waals surface area contributed by atoms with Gasteiger partial charge < -0.3 is 15.4 Å². The van der Waals surface area contributed by atoms with Crippen LogP contribution in [-0.4, -0.2) is 95.2 Å². The van der Waals surface area contributed by atoms with Gasteiger partial charge in [0.15, 0.2) is 16.6 Å². The van der Waals surface area contributed by atoms with Gasteiger partial charge in [0.2, 0.25) is 0 Å². The second kappa shape index (κ2) is 22.8. The van der Waals surface area contributed by atoms with Crippen LogP contribution in [0.3, 0.4) is 0 Å². The molecule has 2 heterocycles. The van der Waals surface area contributed by atoms with E-state index < -0.39 is 112 Å². The summed E-state index contributed by atoms with van der Waals surface area (Å²) in [6.45, 7) is 1.17. The number of rotatable bonds is 19. The molecule has 0 unspecified atom stereocenters. The summed E-state index contributed by atoms with van der Waals surface area (Å²) in [6, 6.07) is 18.2. The number of halogens is 2. The summed E-state index contributed by atoms with van der Waals surface area (Å²) in [5.41, 5.74) is -1.68. The number of ether oxygens (including phenoxy) is 1. The van der Waals surface area contributed by atoms with E-state index in [-0.39, 0.29) is 90.3 Å². The van der Waals surface area contributed by atoms with Crippen LogP contribution in [0.2, 0.25) is 10.0 Å². The fraction of sp³-hybridized carbons (Fsp3) is 0.0930. The minimum Gasteiger partial charge on any atom is -0.494 e. The van der Waals surface area contributed by atoms with Crippen molar-refractivity contribution >= 4 is 150 Å². The summed E-state index contributed by atoms with van der Waals surface area (Å²) in [4.78, 5) is -0.682. The van der Waals surface area contributed by atoms with Crippen LogP contribution < -0.4 is 15.4 Å². The Balaban J connectivity index is 1.44. The summed E-state index contributed by atoms with van der Waals surface area (Å²) in [5.74, 6) is -1.11. The molecule has 7 aromatic rings. The molecule has 0 saturated heterocycles. The monoisotopic (exact) mass is 1270 g/mol. The molecule has 80 heavy (non-hydrogen) atoms. The van der Waals surface area contributed by atoms with Crippen molar-refractivity contribution in [3.8, 4) is 29.0 Å². The number of fused-ring (bicyclic) bond motifs is 1. The van der Waals surface area contributed by atoms with Crippen LogP contribution in [0, 0.1) is 29.6 Å². The quantitative estimate of drug-likeness (QED) is 0.0212. The van der Waals surface area contributed by atoms with Crippen molar-refractivity contribution in [1.82, 2.24) is 4.98 Å². The van der Waals surface area contributed by atoms with E-state index >= 15 is 0 Å². The molecule has 0 aliphatic heterocycles. The van der Waals surface area contributed by atoms with Gasteiger partial charge >= 0.3 is 0 Å². The minimum absolute atomic E-state index is 0.0505. The summed E-state index contributed by atoms with van der Waals surface area (Å²) in [5, 5.41) is 40.7. The third-order valence-electron chi connectivity index (χ3n) is 10.7. The topological polar surface area (TPSA) is 469 Å². The molecule has 0 aliphatic carbocycles. The number of aromatic nitrogens is 1. The molecule has 28 nitrogen and oxygen atoms in total. The van der Waals surface area contributed by atoms with E-state index in [1.54, 1.807) is 0 Å². The Bertz CT molecular complexity index is 4610. The van der Waals surface area contributed by atoms with E-state index in [0.717, 1.165) is 30.3 Å². The molecule has 5 aromatic carbocycles. The summed E-state index contributed by atoms with van der Waals surface area (Å²) < 4.78 is 210. The number of benzene rings is 5. The average Bonchev–Trinajstić information content (AvgIpc) is 3.80. The number of hydrogen-bond donors (Lipinski definition) is 8. The average molecular weight is 1270 g/mol. The zero-order chi connectivity index (χ0) is 59.1. The molecule has 418 valence electrons. The van der Waals surface area contributed by atoms with Crippen LogP contribution in [0.5, 0.6) is 5.75 Å². The second-order valence-electron chi connectivity index (χ2n) is 16.1. The molecule has 0 amide bonds. The maximum atomic E-state index is 12.7. The van der Waals surface area contributed by atoms with E-state index in [4.69, 9.17) is 32.5 Å². The van der Waals surface area contributed by atoms with E-state index in [9.17, 15) is 83.8 Å². The van der Waals surface area contributed by atoms with Gasteiger partial charge in [0.1, 0.15) is 53.7 Å². The van der Waals surface area contributed by atoms with Gasteiger partial charge in [-0.3, -0.25) is 27.3 Å². The Kier molecular flexibility index (Phi) is 17.2. The number of pyridine rings is 1. The van der Waals surface area contributed by atoms with E-state index in [2.05, 4.69) is 36.1 Å². The third kappa shape index (κ3) is 14.0. The van der Waals surface area contributed by atoms with E-state index in [0.29, 0.717) is 29.5 Å². The molecule has 0 bridgehead atoms. The lowest BCUT2D eigenvalue weighted by atomic mass is 10.0. The molecule has 0 fully saturated rings. The predicted octanol–water partition coefficient (Wildman–Crippen LogP) is 9.53. The third-order valence-corrected chi connectivity index (χ3v) is 17.8. The van der Waals surface area contributed by atoms with Crippen molar-refractivity contribution in [2.45, 2.75) is 37.8 Å². The molecule has 2 aromatic heterocycles. The number of nitriles is 2. The number of azo groups is 2. The largest absolute Gasteiger partial charge is 0.494 e. The summed E-state index contributed by atoms with van der Waals surface area (Å²) in [6.07, 6.45) is -0.114. The van der Waals surface area contributed by atoms with Crippen molar-refractivity contribution in [3.05, 3.63) is 112 Å². The molecule has 0 aliphatic rings. The second-order valence-corrected chi connectivity index (χ2v) is 26.5. The Morgan fingerprint density at radius 2 is 1.10 bits per heavy atom. The van der Waals surface area contributed by atoms with Gasteiger partial charge in [0.05, 0.1) is 38.6 Å². The van der Waals surface area contributed by atoms with Crippen LogP contribution in [-0.2, 0) is 60.7 Å². The highest BCUT2D eigenvalue weighted by molar-refractivity contribution is 7.87. The van der Waals surface area contributed by atoms with Crippen LogP contribution in [0.25, 0.3) is 21.9 Å². The first-order valence-electron chi connectivity index (χ1n) is 21.2. The SMILES string of the molecule is Cc1c(C#N)c(Nc2ccc(Cl)c(S(=O)(=O)O)c2)nc(Nc2ccc(Cl)c(S(=O)(=O)O)c2)c1N=Nc1sc(/N=N/c2cc(S(=O)(=O)O)c3cc(S(=O)(=O)O)cc(S(=O)(=O)O)c3c2)c(-c2ccc(OCCCS(=O)(=O)O)cc2)c1C#N. The van der Waals surface area contributed by atoms with Crippen LogP contribution in [0.15, 0.2) is 130 Å². The zero-order valence-corrected chi connectivity index (χ0v) is 46.7. The summed E-state index contributed by atoms with van der Waals surface area (Å²) >= 11 is 12.6. The van der Waals surface area contributed by atoms with Crippen LogP contribution >= 0.6 is 34.5 Å². The zero-order valence-electron chi connectivity index (χ0n) is 39.4. The maximum Gasteiger partial charge on any atom is 0.296 e. The lowest BCUT2D eigenvalue weighted by molar-refractivity contribution is 0.316. The highest BCUT2D eigenvalue weighted by Gasteiger charge is 2.28. The Hall–Kier alpha value is -7.17. The molecular weight excluding hydrogens is 1240 g/mol. The van der Waals surface area contributed by atoms with E-state index in [1.165, 1.54) is 43.3 Å². The number of thiophene rings is 1. The first-order valence-corrected chi connectivity index (χ1v) is 31.6. The number of nitrogens with zero attached hydrogens (tertiary/aromatic N) is 7. The van der Waals surface area contributed by atoms with Gasteiger partial charge in [-0.25, -0.2) is 4.98 Å². The van der Waals surface area contributed by atoms with Gasteiger partial charge in [-0.1, -0.05) is 46.7 Å².